The molecule has 1 aliphatic rings. The second-order valence-electron chi connectivity index (χ2n) is 9.91. The quantitative estimate of drug-likeness (QED) is 0.227. The van der Waals surface area contributed by atoms with Gasteiger partial charge < -0.3 is 10.2 Å². The summed E-state index contributed by atoms with van der Waals surface area (Å²) in [4.78, 5) is 51.5. The van der Waals surface area contributed by atoms with Crippen LogP contribution in [0.2, 0.25) is 0 Å². The number of rotatable bonds is 12. The van der Waals surface area contributed by atoms with Crippen LogP contribution in [-0.2, 0) is 16.0 Å². The van der Waals surface area contributed by atoms with Crippen LogP contribution >= 0.6 is 0 Å². The fourth-order valence-electron chi connectivity index (χ4n) is 5.29. The molecule has 0 aliphatic carbocycles. The molecule has 10 heteroatoms. The highest BCUT2D eigenvalue weighted by Gasteiger charge is 2.54. The standard InChI is InChI=1S/C27H34N4O6/c1-19(2)18-27(13-16-30(26(27)34)15-12-20-7-4-3-5-8-20)23(25(33)29-35)11-14-28-24(32)21-9-6-10-22(17-21)31(36)37/h3-10,17,19,23,35H,11-16,18H2,1-2H3,(H,28,32)(H,29,33). The maximum absolute atomic E-state index is 13.8. The normalized spacial score (nSPS) is 18.1. The number of nitrogens with zero attached hydrogens (tertiary/aromatic N) is 2. The highest BCUT2D eigenvalue weighted by Crippen LogP contribution is 2.46. The van der Waals surface area contributed by atoms with Crippen LogP contribution in [0.25, 0.3) is 0 Å². The summed E-state index contributed by atoms with van der Waals surface area (Å²) >= 11 is 0. The number of hydrogen-bond acceptors (Lipinski definition) is 6. The lowest BCUT2D eigenvalue weighted by atomic mass is 9.67. The molecule has 1 fully saturated rings. The highest BCUT2D eigenvalue weighted by molar-refractivity contribution is 5.95. The molecule has 3 amide bonds. The van der Waals surface area contributed by atoms with Crippen molar-refractivity contribution in [3.05, 3.63) is 75.8 Å². The molecule has 3 rings (SSSR count). The van der Waals surface area contributed by atoms with Gasteiger partial charge in [-0.3, -0.25) is 29.7 Å². The Morgan fingerprint density at radius 1 is 1.16 bits per heavy atom. The number of nitrogens with one attached hydrogen (secondary N) is 2. The van der Waals surface area contributed by atoms with Gasteiger partial charge in [0.1, 0.15) is 0 Å². The highest BCUT2D eigenvalue weighted by atomic mass is 16.6. The van der Waals surface area contributed by atoms with Gasteiger partial charge in [-0.25, -0.2) is 5.48 Å². The van der Waals surface area contributed by atoms with Crippen molar-refractivity contribution in [1.29, 1.82) is 0 Å². The van der Waals surface area contributed by atoms with Crippen LogP contribution < -0.4 is 10.8 Å². The number of hydroxylamine groups is 1. The van der Waals surface area contributed by atoms with Gasteiger partial charge in [0.2, 0.25) is 11.8 Å². The van der Waals surface area contributed by atoms with E-state index >= 15 is 0 Å². The van der Waals surface area contributed by atoms with Gasteiger partial charge >= 0.3 is 0 Å². The molecule has 1 aliphatic heterocycles. The smallest absolute Gasteiger partial charge is 0.270 e. The molecule has 0 spiro atoms. The second-order valence-corrected chi connectivity index (χ2v) is 9.91. The first-order valence-electron chi connectivity index (χ1n) is 12.5. The van der Waals surface area contributed by atoms with E-state index in [1.165, 1.54) is 24.3 Å². The summed E-state index contributed by atoms with van der Waals surface area (Å²) in [5, 5.41) is 23.2. The number of nitro groups is 1. The molecule has 0 saturated carbocycles. The van der Waals surface area contributed by atoms with E-state index in [1.54, 1.807) is 10.4 Å². The number of amides is 3. The minimum absolute atomic E-state index is 0.0523. The SMILES string of the molecule is CC(C)CC1(C(CCNC(=O)c2cccc([N+](=O)[O-])c2)C(=O)NO)CCN(CCc2ccccc2)C1=O. The molecule has 0 bridgehead atoms. The topological polar surface area (TPSA) is 142 Å². The summed E-state index contributed by atoms with van der Waals surface area (Å²) in [7, 11) is 0. The van der Waals surface area contributed by atoms with Crippen LogP contribution in [0.1, 0.15) is 49.0 Å². The summed E-state index contributed by atoms with van der Waals surface area (Å²) < 4.78 is 0. The van der Waals surface area contributed by atoms with Crippen molar-refractivity contribution in [2.75, 3.05) is 19.6 Å². The first-order valence-corrected chi connectivity index (χ1v) is 12.5. The molecule has 1 saturated heterocycles. The number of carbonyl (C=O) groups is 3. The fourth-order valence-corrected chi connectivity index (χ4v) is 5.29. The van der Waals surface area contributed by atoms with Crippen molar-refractivity contribution in [3.63, 3.8) is 0 Å². The third kappa shape index (κ3) is 6.71. The van der Waals surface area contributed by atoms with Crippen LogP contribution in [0.5, 0.6) is 0 Å². The third-order valence-electron chi connectivity index (χ3n) is 6.96. The van der Waals surface area contributed by atoms with E-state index in [1.807, 2.05) is 44.2 Å². The summed E-state index contributed by atoms with van der Waals surface area (Å²) in [5.74, 6) is -2.04. The molecular formula is C27H34N4O6. The molecule has 0 radical (unpaired) electrons. The third-order valence-corrected chi connectivity index (χ3v) is 6.96. The van der Waals surface area contributed by atoms with Crippen LogP contribution in [0, 0.1) is 27.4 Å². The predicted octanol–water partition coefficient (Wildman–Crippen LogP) is 3.34. The number of nitro benzene ring substituents is 1. The summed E-state index contributed by atoms with van der Waals surface area (Å²) in [6, 6.07) is 15.2. The van der Waals surface area contributed by atoms with E-state index < -0.39 is 28.1 Å². The molecule has 2 unspecified atom stereocenters. The van der Waals surface area contributed by atoms with Gasteiger partial charge in [0.25, 0.3) is 11.6 Å². The number of likely N-dealkylation sites (tertiary alicyclic amines) is 1. The average molecular weight is 511 g/mol. The van der Waals surface area contributed by atoms with Crippen LogP contribution in [0.15, 0.2) is 54.6 Å². The first-order chi connectivity index (χ1) is 17.7. The van der Waals surface area contributed by atoms with Gasteiger partial charge in [-0.1, -0.05) is 50.2 Å². The van der Waals surface area contributed by atoms with Crippen molar-refractivity contribution < 1.29 is 24.5 Å². The average Bonchev–Trinajstić information content (AvgIpc) is 3.20. The van der Waals surface area contributed by atoms with Gasteiger partial charge in [-0.2, -0.15) is 0 Å². The summed E-state index contributed by atoms with van der Waals surface area (Å²) in [5.41, 5.74) is 1.76. The van der Waals surface area contributed by atoms with Crippen molar-refractivity contribution in [2.24, 2.45) is 17.3 Å². The Morgan fingerprint density at radius 3 is 2.54 bits per heavy atom. The minimum atomic E-state index is -1.01. The lowest BCUT2D eigenvalue weighted by molar-refractivity contribution is -0.384. The van der Waals surface area contributed by atoms with Gasteiger partial charge in [-0.05, 0) is 43.2 Å². The molecule has 2 aromatic carbocycles. The zero-order valence-electron chi connectivity index (χ0n) is 21.2. The number of hydrogen-bond donors (Lipinski definition) is 3. The number of non-ortho nitro benzene ring substituents is 1. The lowest BCUT2D eigenvalue weighted by Gasteiger charge is -2.36. The summed E-state index contributed by atoms with van der Waals surface area (Å²) in [6.45, 7) is 5.06. The Balaban J connectivity index is 1.74. The first kappa shape index (κ1) is 27.8. The maximum atomic E-state index is 13.8. The fraction of sp³-hybridized carbons (Fsp3) is 0.444. The monoisotopic (exact) mass is 510 g/mol. The number of benzene rings is 2. The lowest BCUT2D eigenvalue weighted by Crippen LogP contribution is -2.48. The zero-order valence-corrected chi connectivity index (χ0v) is 21.2. The molecular weight excluding hydrogens is 476 g/mol. The van der Waals surface area contributed by atoms with Gasteiger partial charge in [-0.15, -0.1) is 0 Å². The second kappa shape index (κ2) is 12.4. The van der Waals surface area contributed by atoms with Gasteiger partial charge in [0.05, 0.1) is 16.3 Å². The predicted molar refractivity (Wildman–Crippen MR) is 137 cm³/mol. The molecule has 2 atom stereocenters. The zero-order chi connectivity index (χ0) is 27.0. The molecule has 2 aromatic rings. The Hall–Kier alpha value is -3.79. The Kier molecular flexibility index (Phi) is 9.35. The molecule has 37 heavy (non-hydrogen) atoms. The maximum Gasteiger partial charge on any atom is 0.270 e. The van der Waals surface area contributed by atoms with Gasteiger partial charge in [0, 0.05) is 37.3 Å². The number of carbonyl (C=O) groups excluding carboxylic acids is 3. The summed E-state index contributed by atoms with van der Waals surface area (Å²) in [6.07, 6.45) is 1.75. The van der Waals surface area contributed by atoms with Gasteiger partial charge in [0.15, 0.2) is 0 Å². The van der Waals surface area contributed by atoms with E-state index in [0.717, 1.165) is 5.56 Å². The Labute approximate surface area is 216 Å². The van der Waals surface area contributed by atoms with Crippen molar-refractivity contribution >= 4 is 23.4 Å². The van der Waals surface area contributed by atoms with Crippen LogP contribution in [-0.4, -0.2) is 52.4 Å². The van der Waals surface area contributed by atoms with Crippen molar-refractivity contribution in [2.45, 2.75) is 39.5 Å². The molecule has 0 aromatic heterocycles. The van der Waals surface area contributed by atoms with E-state index in [2.05, 4.69) is 5.32 Å². The van der Waals surface area contributed by atoms with Crippen molar-refractivity contribution in [3.8, 4) is 0 Å². The Bertz CT molecular complexity index is 1120. The molecule has 10 nitrogen and oxygen atoms in total. The van der Waals surface area contributed by atoms with Crippen LogP contribution in [0.3, 0.4) is 0 Å². The molecule has 3 N–H and O–H groups in total. The van der Waals surface area contributed by atoms with Crippen LogP contribution in [0.4, 0.5) is 5.69 Å². The molecule has 1 heterocycles. The Morgan fingerprint density at radius 2 is 1.89 bits per heavy atom. The van der Waals surface area contributed by atoms with Crippen molar-refractivity contribution in [1.82, 2.24) is 15.7 Å². The van der Waals surface area contributed by atoms with E-state index in [9.17, 15) is 29.7 Å². The van der Waals surface area contributed by atoms with E-state index in [4.69, 9.17) is 0 Å². The van der Waals surface area contributed by atoms with E-state index in [0.29, 0.717) is 32.4 Å². The molecule has 198 valence electrons. The minimum Gasteiger partial charge on any atom is -0.352 e. The largest absolute Gasteiger partial charge is 0.352 e. The van der Waals surface area contributed by atoms with E-state index in [-0.39, 0.29) is 36.0 Å².